The van der Waals surface area contributed by atoms with E-state index >= 15 is 0 Å². The number of hydrogen-bond donors (Lipinski definition) is 1. The van der Waals surface area contributed by atoms with E-state index in [1.165, 1.54) is 31.4 Å². The SMILES string of the molecule is CCCCCCCCCOC(=O)CC(C(=O)Oc1ccccc1)S(=O)(=O)O. The van der Waals surface area contributed by atoms with Crippen molar-refractivity contribution in [2.45, 2.75) is 63.5 Å². The fourth-order valence-corrected chi connectivity index (χ4v) is 3.07. The molecule has 7 nitrogen and oxygen atoms in total. The van der Waals surface area contributed by atoms with Crippen LogP contribution in [0.15, 0.2) is 30.3 Å². The lowest BCUT2D eigenvalue weighted by atomic mass is 10.1. The summed E-state index contributed by atoms with van der Waals surface area (Å²) in [7, 11) is -4.80. The minimum atomic E-state index is -4.80. The fourth-order valence-electron chi connectivity index (χ4n) is 2.44. The van der Waals surface area contributed by atoms with E-state index in [0.29, 0.717) is 6.42 Å². The Labute approximate surface area is 160 Å². The maximum Gasteiger partial charge on any atom is 0.332 e. The Balaban J connectivity index is 2.41. The van der Waals surface area contributed by atoms with Gasteiger partial charge in [-0.2, -0.15) is 8.42 Å². The van der Waals surface area contributed by atoms with Crippen molar-refractivity contribution in [1.82, 2.24) is 0 Å². The third-order valence-electron chi connectivity index (χ3n) is 3.95. The molecule has 0 aromatic heterocycles. The van der Waals surface area contributed by atoms with E-state index in [1.54, 1.807) is 18.2 Å². The van der Waals surface area contributed by atoms with Gasteiger partial charge in [-0.15, -0.1) is 0 Å². The van der Waals surface area contributed by atoms with Crippen LogP contribution in [0, 0.1) is 0 Å². The van der Waals surface area contributed by atoms with Gasteiger partial charge in [-0.05, 0) is 18.6 Å². The van der Waals surface area contributed by atoms with Gasteiger partial charge >= 0.3 is 11.9 Å². The van der Waals surface area contributed by atoms with Crippen molar-refractivity contribution in [3.8, 4) is 5.75 Å². The lowest BCUT2D eigenvalue weighted by Gasteiger charge is -2.13. The summed E-state index contributed by atoms with van der Waals surface area (Å²) < 4.78 is 42.0. The van der Waals surface area contributed by atoms with Crippen LogP contribution in [0.2, 0.25) is 0 Å². The fraction of sp³-hybridized carbons (Fsp3) is 0.579. The molecule has 0 bridgehead atoms. The zero-order valence-corrected chi connectivity index (χ0v) is 16.4. The second-order valence-electron chi connectivity index (χ2n) is 6.28. The number of carbonyl (C=O) groups is 2. The Morgan fingerprint density at radius 2 is 1.59 bits per heavy atom. The van der Waals surface area contributed by atoms with E-state index in [1.807, 2.05) is 0 Å². The third kappa shape index (κ3) is 10.1. The van der Waals surface area contributed by atoms with Crippen molar-refractivity contribution in [3.05, 3.63) is 30.3 Å². The van der Waals surface area contributed by atoms with Gasteiger partial charge in [-0.3, -0.25) is 14.1 Å². The predicted molar refractivity (Wildman–Crippen MR) is 101 cm³/mol. The van der Waals surface area contributed by atoms with Crippen molar-refractivity contribution >= 4 is 22.1 Å². The zero-order valence-electron chi connectivity index (χ0n) is 15.6. The number of carbonyl (C=O) groups excluding carboxylic acids is 2. The zero-order chi connectivity index (χ0) is 20.1. The highest BCUT2D eigenvalue weighted by Gasteiger charge is 2.36. The van der Waals surface area contributed by atoms with Crippen LogP contribution in [0.25, 0.3) is 0 Å². The molecule has 1 unspecified atom stereocenters. The summed E-state index contributed by atoms with van der Waals surface area (Å²) in [5, 5.41) is -2.01. The topological polar surface area (TPSA) is 107 Å². The van der Waals surface area contributed by atoms with Crippen molar-refractivity contribution in [2.75, 3.05) is 6.61 Å². The van der Waals surface area contributed by atoms with E-state index in [0.717, 1.165) is 19.3 Å². The maximum absolute atomic E-state index is 12.0. The molecule has 0 fully saturated rings. The number of para-hydroxylation sites is 1. The molecule has 8 heteroatoms. The molecule has 0 aliphatic rings. The maximum atomic E-state index is 12.0. The third-order valence-corrected chi connectivity index (χ3v) is 5.03. The van der Waals surface area contributed by atoms with Crippen LogP contribution < -0.4 is 4.74 Å². The number of hydrogen-bond acceptors (Lipinski definition) is 6. The summed E-state index contributed by atoms with van der Waals surface area (Å²) in [6, 6.07) is 7.80. The van der Waals surface area contributed by atoms with Crippen molar-refractivity contribution in [3.63, 3.8) is 0 Å². The smallest absolute Gasteiger partial charge is 0.332 e. The molecule has 0 saturated carbocycles. The lowest BCUT2D eigenvalue weighted by Crippen LogP contribution is -2.36. The molecule has 0 aliphatic heterocycles. The Bertz CT molecular complexity index is 671. The lowest BCUT2D eigenvalue weighted by molar-refractivity contribution is -0.146. The molecule has 1 rings (SSSR count). The molecule has 1 atom stereocenters. The molecule has 1 aromatic carbocycles. The molecule has 1 N–H and O–H groups in total. The molecule has 0 spiro atoms. The van der Waals surface area contributed by atoms with Gasteiger partial charge in [0.15, 0.2) is 5.25 Å². The monoisotopic (exact) mass is 400 g/mol. The summed E-state index contributed by atoms with van der Waals surface area (Å²) in [6.07, 6.45) is 6.56. The largest absolute Gasteiger partial charge is 0.466 e. The van der Waals surface area contributed by atoms with Crippen LogP contribution in [0.5, 0.6) is 5.75 Å². The van der Waals surface area contributed by atoms with E-state index in [9.17, 15) is 22.6 Å². The predicted octanol–water partition coefficient (Wildman–Crippen LogP) is 3.53. The van der Waals surface area contributed by atoms with Crippen LogP contribution in [0.4, 0.5) is 0 Å². The first-order chi connectivity index (χ1) is 12.8. The Morgan fingerprint density at radius 1 is 1.00 bits per heavy atom. The molecule has 1 aromatic rings. The average Bonchev–Trinajstić information content (AvgIpc) is 2.61. The number of rotatable bonds is 13. The van der Waals surface area contributed by atoms with Crippen molar-refractivity contribution in [2.24, 2.45) is 0 Å². The first kappa shape index (κ1) is 23.1. The van der Waals surface area contributed by atoms with E-state index in [4.69, 9.17) is 9.47 Å². The molecule has 0 saturated heterocycles. The first-order valence-corrected chi connectivity index (χ1v) is 10.7. The highest BCUT2D eigenvalue weighted by molar-refractivity contribution is 7.87. The standard InChI is InChI=1S/C19H28O7S/c1-2-3-4-5-6-7-11-14-25-18(20)15-17(27(22,23)24)19(21)26-16-12-9-8-10-13-16/h8-10,12-13,17H,2-7,11,14-15H2,1H3,(H,22,23,24). The first-order valence-electron chi connectivity index (χ1n) is 9.23. The van der Waals surface area contributed by atoms with Gasteiger partial charge in [0, 0.05) is 0 Å². The van der Waals surface area contributed by atoms with E-state index in [2.05, 4.69) is 6.92 Å². The summed E-state index contributed by atoms with van der Waals surface area (Å²) in [4.78, 5) is 23.9. The molecule has 0 heterocycles. The van der Waals surface area contributed by atoms with Crippen LogP contribution in [0.3, 0.4) is 0 Å². The van der Waals surface area contributed by atoms with Gasteiger partial charge in [0.05, 0.1) is 13.0 Å². The summed E-state index contributed by atoms with van der Waals surface area (Å²) >= 11 is 0. The normalized spacial score (nSPS) is 12.4. The molecule has 0 radical (unpaired) electrons. The molecular weight excluding hydrogens is 372 g/mol. The molecular formula is C19H28O7S. The Morgan fingerprint density at radius 3 is 2.19 bits per heavy atom. The highest BCUT2D eigenvalue weighted by atomic mass is 32.2. The van der Waals surface area contributed by atoms with E-state index < -0.39 is 33.7 Å². The summed E-state index contributed by atoms with van der Waals surface area (Å²) in [6.45, 7) is 2.30. The van der Waals surface area contributed by atoms with Crippen LogP contribution >= 0.6 is 0 Å². The second-order valence-corrected chi connectivity index (χ2v) is 7.88. The molecule has 152 valence electrons. The molecule has 27 heavy (non-hydrogen) atoms. The number of unbranched alkanes of at least 4 members (excludes halogenated alkanes) is 6. The second kappa shape index (κ2) is 12.5. The quantitative estimate of drug-likeness (QED) is 0.234. The van der Waals surface area contributed by atoms with Crippen molar-refractivity contribution in [1.29, 1.82) is 0 Å². The number of ether oxygens (including phenoxy) is 2. The van der Waals surface area contributed by atoms with Gasteiger partial charge in [-0.25, -0.2) is 0 Å². The number of benzene rings is 1. The van der Waals surface area contributed by atoms with Crippen LogP contribution in [0.1, 0.15) is 58.3 Å². The van der Waals surface area contributed by atoms with Gasteiger partial charge in [-0.1, -0.05) is 63.6 Å². The Hall–Kier alpha value is -1.93. The van der Waals surface area contributed by atoms with Crippen LogP contribution in [-0.2, 0) is 24.4 Å². The van der Waals surface area contributed by atoms with Crippen molar-refractivity contribution < 1.29 is 32.0 Å². The Kier molecular flexibility index (Phi) is 10.7. The summed E-state index contributed by atoms with van der Waals surface area (Å²) in [5.41, 5.74) is 0. The average molecular weight is 400 g/mol. The van der Waals surface area contributed by atoms with Crippen LogP contribution in [-0.4, -0.2) is 36.8 Å². The van der Waals surface area contributed by atoms with Gasteiger partial charge < -0.3 is 9.47 Å². The minimum Gasteiger partial charge on any atom is -0.466 e. The summed E-state index contributed by atoms with van der Waals surface area (Å²) in [5.74, 6) is -1.97. The highest BCUT2D eigenvalue weighted by Crippen LogP contribution is 2.14. The minimum absolute atomic E-state index is 0.118. The molecule has 0 aliphatic carbocycles. The van der Waals surface area contributed by atoms with E-state index in [-0.39, 0.29) is 12.4 Å². The van der Waals surface area contributed by atoms with Gasteiger partial charge in [0.25, 0.3) is 10.1 Å². The number of esters is 2. The van der Waals surface area contributed by atoms with Gasteiger partial charge in [0.2, 0.25) is 0 Å². The van der Waals surface area contributed by atoms with Gasteiger partial charge in [0.1, 0.15) is 5.75 Å². The molecule has 0 amide bonds.